The first kappa shape index (κ1) is 28.4. The average molecular weight is 545 g/mol. The van der Waals surface area contributed by atoms with E-state index in [0.717, 1.165) is 16.2 Å². The molecule has 1 N–H and O–H groups in total. The molecular weight excluding hydrogens is 512 g/mol. The summed E-state index contributed by atoms with van der Waals surface area (Å²) in [5.41, 5.74) is 2.80. The largest absolute Gasteiger partial charge is 0.491 e. The number of aryl methyl sites for hydroxylation is 2. The van der Waals surface area contributed by atoms with Crippen molar-refractivity contribution in [2.24, 2.45) is 0 Å². The van der Waals surface area contributed by atoms with Crippen molar-refractivity contribution in [1.82, 2.24) is 5.32 Å². The third-order valence-electron chi connectivity index (χ3n) is 5.94. The number of anilines is 1. The molecular formula is C31H32N2O7. The highest BCUT2D eigenvalue weighted by Gasteiger charge is 2.36. The molecule has 0 saturated carbocycles. The smallest absolute Gasteiger partial charge is 0.335 e. The number of imide groups is 2. The van der Waals surface area contributed by atoms with E-state index in [1.54, 1.807) is 36.4 Å². The number of amides is 4. The van der Waals surface area contributed by atoms with Gasteiger partial charge in [0.1, 0.15) is 24.5 Å². The Balaban J connectivity index is 1.37. The van der Waals surface area contributed by atoms with Crippen molar-refractivity contribution in [3.05, 3.63) is 89.0 Å². The predicted octanol–water partition coefficient (Wildman–Crippen LogP) is 4.84. The zero-order valence-corrected chi connectivity index (χ0v) is 22.8. The summed E-state index contributed by atoms with van der Waals surface area (Å²) in [4.78, 5) is 39.2. The summed E-state index contributed by atoms with van der Waals surface area (Å²) in [7, 11) is 0. The van der Waals surface area contributed by atoms with E-state index in [1.807, 2.05) is 51.1 Å². The van der Waals surface area contributed by atoms with Crippen molar-refractivity contribution in [2.75, 3.05) is 37.9 Å². The molecule has 0 radical (unpaired) electrons. The van der Waals surface area contributed by atoms with Gasteiger partial charge in [-0.1, -0.05) is 35.9 Å². The molecule has 4 rings (SSSR count). The van der Waals surface area contributed by atoms with Gasteiger partial charge < -0.3 is 18.9 Å². The van der Waals surface area contributed by atoms with Crippen LogP contribution in [-0.2, 0) is 14.3 Å². The average Bonchev–Trinajstić information content (AvgIpc) is 2.92. The van der Waals surface area contributed by atoms with E-state index in [-0.39, 0.29) is 5.57 Å². The van der Waals surface area contributed by atoms with Crippen LogP contribution in [0.4, 0.5) is 10.5 Å². The number of hydrogen-bond donors (Lipinski definition) is 1. The normalized spacial score (nSPS) is 14.3. The third kappa shape index (κ3) is 7.27. The lowest BCUT2D eigenvalue weighted by Crippen LogP contribution is -2.54. The summed E-state index contributed by atoms with van der Waals surface area (Å²) in [6.07, 6.45) is 1.43. The van der Waals surface area contributed by atoms with Crippen LogP contribution >= 0.6 is 0 Å². The maximum atomic E-state index is 13.2. The van der Waals surface area contributed by atoms with Gasteiger partial charge in [0.2, 0.25) is 0 Å². The van der Waals surface area contributed by atoms with Crippen molar-refractivity contribution >= 4 is 29.6 Å². The van der Waals surface area contributed by atoms with Gasteiger partial charge in [-0.3, -0.25) is 14.9 Å². The van der Waals surface area contributed by atoms with Gasteiger partial charge in [0.25, 0.3) is 11.8 Å². The Kier molecular flexibility index (Phi) is 9.53. The standard InChI is InChI=1S/C31H32N2O7/c1-4-38-28-20-23(10-13-27(28)40-17-15-37-14-16-39-25-11-8-21(2)9-12-25)19-26-29(34)32-31(36)33(30(26)35)24-7-5-6-22(3)18-24/h5-13,18-20H,4,14-17H2,1-3H3,(H,32,34,36)/b26-19+. The molecule has 0 spiro atoms. The monoisotopic (exact) mass is 544 g/mol. The topological polar surface area (TPSA) is 103 Å². The van der Waals surface area contributed by atoms with E-state index in [2.05, 4.69) is 5.32 Å². The Morgan fingerprint density at radius 3 is 2.25 bits per heavy atom. The number of carbonyl (C=O) groups is 3. The number of nitrogens with one attached hydrogen (secondary N) is 1. The Bertz CT molecular complexity index is 1400. The third-order valence-corrected chi connectivity index (χ3v) is 5.94. The van der Waals surface area contributed by atoms with Crippen LogP contribution < -0.4 is 24.4 Å². The number of urea groups is 1. The molecule has 40 heavy (non-hydrogen) atoms. The first-order valence-corrected chi connectivity index (χ1v) is 13.0. The van der Waals surface area contributed by atoms with Gasteiger partial charge in [0, 0.05) is 0 Å². The van der Waals surface area contributed by atoms with Gasteiger partial charge >= 0.3 is 6.03 Å². The Labute approximate surface area is 233 Å². The summed E-state index contributed by atoms with van der Waals surface area (Å²) in [6, 6.07) is 19.0. The molecule has 208 valence electrons. The quantitative estimate of drug-likeness (QED) is 0.198. The first-order chi connectivity index (χ1) is 19.4. The molecule has 1 fully saturated rings. The second-order valence-electron chi connectivity index (χ2n) is 9.06. The highest BCUT2D eigenvalue weighted by Crippen LogP contribution is 2.30. The van der Waals surface area contributed by atoms with Crippen molar-refractivity contribution in [3.63, 3.8) is 0 Å². The van der Waals surface area contributed by atoms with E-state index in [0.29, 0.717) is 55.8 Å². The van der Waals surface area contributed by atoms with Crippen molar-refractivity contribution in [1.29, 1.82) is 0 Å². The summed E-state index contributed by atoms with van der Waals surface area (Å²) < 4.78 is 22.8. The Morgan fingerprint density at radius 2 is 1.52 bits per heavy atom. The number of ether oxygens (including phenoxy) is 4. The second kappa shape index (κ2) is 13.4. The van der Waals surface area contributed by atoms with Crippen LogP contribution in [-0.4, -0.2) is 50.9 Å². The van der Waals surface area contributed by atoms with Crippen LogP contribution in [0.3, 0.4) is 0 Å². The Morgan fingerprint density at radius 1 is 0.775 bits per heavy atom. The van der Waals surface area contributed by atoms with Gasteiger partial charge in [-0.25, -0.2) is 9.69 Å². The van der Waals surface area contributed by atoms with Crippen LogP contribution in [0.5, 0.6) is 17.2 Å². The molecule has 0 aliphatic carbocycles. The van der Waals surface area contributed by atoms with Crippen LogP contribution in [0.1, 0.15) is 23.6 Å². The van der Waals surface area contributed by atoms with Crippen LogP contribution in [0.2, 0.25) is 0 Å². The number of barbiturate groups is 1. The summed E-state index contributed by atoms with van der Waals surface area (Å²) in [5.74, 6) is 0.278. The molecule has 9 nitrogen and oxygen atoms in total. The van der Waals surface area contributed by atoms with Gasteiger partial charge in [0.05, 0.1) is 25.5 Å². The molecule has 3 aromatic rings. The minimum atomic E-state index is -0.791. The van der Waals surface area contributed by atoms with Crippen molar-refractivity contribution < 1.29 is 33.3 Å². The molecule has 0 aromatic heterocycles. The van der Waals surface area contributed by atoms with E-state index >= 15 is 0 Å². The molecule has 0 bridgehead atoms. The van der Waals surface area contributed by atoms with Gasteiger partial charge in [-0.15, -0.1) is 0 Å². The number of hydrogen-bond acceptors (Lipinski definition) is 7. The van der Waals surface area contributed by atoms with Gasteiger partial charge in [-0.2, -0.15) is 0 Å². The highest BCUT2D eigenvalue weighted by molar-refractivity contribution is 6.39. The minimum Gasteiger partial charge on any atom is -0.491 e. The Hall–Kier alpha value is -4.63. The van der Waals surface area contributed by atoms with Crippen LogP contribution in [0.25, 0.3) is 6.08 Å². The molecule has 1 aliphatic rings. The first-order valence-electron chi connectivity index (χ1n) is 13.0. The molecule has 0 unspecified atom stereocenters. The van der Waals surface area contributed by atoms with Crippen LogP contribution in [0, 0.1) is 13.8 Å². The maximum absolute atomic E-state index is 13.2. The van der Waals surface area contributed by atoms with Gasteiger partial charge in [-0.05, 0) is 74.4 Å². The van der Waals surface area contributed by atoms with Crippen LogP contribution in [0.15, 0.2) is 72.3 Å². The molecule has 1 aliphatic heterocycles. The van der Waals surface area contributed by atoms with Crippen molar-refractivity contribution in [3.8, 4) is 17.2 Å². The molecule has 4 amide bonds. The fraction of sp³-hybridized carbons (Fsp3) is 0.258. The predicted molar refractivity (Wildman–Crippen MR) is 151 cm³/mol. The molecule has 9 heteroatoms. The van der Waals surface area contributed by atoms with E-state index < -0.39 is 17.8 Å². The SMILES string of the molecule is CCOc1cc(/C=C2\C(=O)NC(=O)N(c3cccc(C)c3)C2=O)ccc1OCCOCCOc1ccc(C)cc1. The maximum Gasteiger partial charge on any atom is 0.335 e. The summed E-state index contributed by atoms with van der Waals surface area (Å²) in [5, 5.41) is 2.24. The second-order valence-corrected chi connectivity index (χ2v) is 9.06. The van der Waals surface area contributed by atoms with Gasteiger partial charge in [0.15, 0.2) is 11.5 Å². The zero-order chi connectivity index (χ0) is 28.5. The zero-order valence-electron chi connectivity index (χ0n) is 22.8. The lowest BCUT2D eigenvalue weighted by atomic mass is 10.1. The fourth-order valence-electron chi connectivity index (χ4n) is 3.99. The van der Waals surface area contributed by atoms with Crippen molar-refractivity contribution in [2.45, 2.75) is 20.8 Å². The highest BCUT2D eigenvalue weighted by atomic mass is 16.6. The van der Waals surface area contributed by atoms with E-state index in [4.69, 9.17) is 18.9 Å². The minimum absolute atomic E-state index is 0.168. The molecule has 0 atom stereocenters. The lowest BCUT2D eigenvalue weighted by molar-refractivity contribution is -0.122. The fourth-order valence-corrected chi connectivity index (χ4v) is 3.99. The molecule has 3 aromatic carbocycles. The summed E-state index contributed by atoms with van der Waals surface area (Å²) in [6.45, 7) is 7.59. The number of nitrogens with zero attached hydrogens (tertiary/aromatic N) is 1. The number of benzene rings is 3. The number of rotatable bonds is 12. The molecule has 1 saturated heterocycles. The van der Waals surface area contributed by atoms with E-state index in [9.17, 15) is 14.4 Å². The summed E-state index contributed by atoms with van der Waals surface area (Å²) >= 11 is 0. The lowest BCUT2D eigenvalue weighted by Gasteiger charge is -2.26. The number of carbonyl (C=O) groups excluding carboxylic acids is 3. The van der Waals surface area contributed by atoms with E-state index in [1.165, 1.54) is 11.6 Å². The molecule has 1 heterocycles.